The average molecular weight is 223 g/mol. The van der Waals surface area contributed by atoms with Gasteiger partial charge in [-0.2, -0.15) is 0 Å². The summed E-state index contributed by atoms with van der Waals surface area (Å²) in [7, 11) is 0. The molecule has 0 aromatic heterocycles. The van der Waals surface area contributed by atoms with Gasteiger partial charge in [0.25, 0.3) is 0 Å². The Morgan fingerprint density at radius 2 is 2.25 bits per heavy atom. The third-order valence-corrected chi connectivity index (χ3v) is 2.82. The van der Waals surface area contributed by atoms with Gasteiger partial charge in [0.2, 0.25) is 5.91 Å². The van der Waals surface area contributed by atoms with E-state index in [0.29, 0.717) is 25.1 Å². The largest absolute Gasteiger partial charge is 0.391 e. The predicted molar refractivity (Wildman–Crippen MR) is 57.3 cm³/mol. The number of aliphatic hydroxyl groups is 1. The Morgan fingerprint density at radius 3 is 2.88 bits per heavy atom. The van der Waals surface area contributed by atoms with Crippen molar-refractivity contribution >= 4 is 5.91 Å². The van der Waals surface area contributed by atoms with Crippen LogP contribution in [0.15, 0.2) is 24.3 Å². The Labute approximate surface area is 93.5 Å². The molecule has 0 saturated carbocycles. The van der Waals surface area contributed by atoms with Crippen molar-refractivity contribution in [3.8, 4) is 0 Å². The molecule has 0 radical (unpaired) electrons. The van der Waals surface area contributed by atoms with E-state index in [2.05, 4.69) is 0 Å². The van der Waals surface area contributed by atoms with Crippen molar-refractivity contribution in [2.24, 2.45) is 0 Å². The van der Waals surface area contributed by atoms with Crippen LogP contribution in [0.4, 0.5) is 4.39 Å². The van der Waals surface area contributed by atoms with E-state index < -0.39 is 6.10 Å². The second-order valence-electron chi connectivity index (χ2n) is 4.05. The normalized spacial score (nSPS) is 20.1. The third kappa shape index (κ3) is 2.39. The molecule has 4 heteroatoms. The maximum absolute atomic E-state index is 13.3. The number of hydrogen-bond donors (Lipinski definition) is 1. The van der Waals surface area contributed by atoms with Crippen LogP contribution in [0.3, 0.4) is 0 Å². The van der Waals surface area contributed by atoms with Crippen molar-refractivity contribution in [2.75, 3.05) is 13.1 Å². The van der Waals surface area contributed by atoms with Gasteiger partial charge < -0.3 is 10.0 Å². The van der Waals surface area contributed by atoms with Gasteiger partial charge in [-0.05, 0) is 18.1 Å². The van der Waals surface area contributed by atoms with Crippen LogP contribution in [0, 0.1) is 5.82 Å². The average Bonchev–Trinajstić information content (AvgIpc) is 2.68. The number of rotatable bonds is 2. The molecule has 1 aliphatic heterocycles. The smallest absolute Gasteiger partial charge is 0.227 e. The second-order valence-corrected chi connectivity index (χ2v) is 4.05. The number of likely N-dealkylation sites (tertiary alicyclic amines) is 1. The first kappa shape index (κ1) is 11.1. The Bertz CT molecular complexity index is 394. The van der Waals surface area contributed by atoms with Crippen LogP contribution in [-0.2, 0) is 11.2 Å². The molecule has 1 aromatic rings. The summed E-state index contributed by atoms with van der Waals surface area (Å²) < 4.78 is 13.3. The van der Waals surface area contributed by atoms with Gasteiger partial charge in [0.15, 0.2) is 0 Å². The van der Waals surface area contributed by atoms with Gasteiger partial charge in [0, 0.05) is 13.1 Å². The first-order valence-electron chi connectivity index (χ1n) is 5.36. The molecule has 1 saturated heterocycles. The lowest BCUT2D eigenvalue weighted by atomic mass is 10.1. The van der Waals surface area contributed by atoms with Crippen LogP contribution in [0.1, 0.15) is 12.0 Å². The van der Waals surface area contributed by atoms with Gasteiger partial charge in [0.05, 0.1) is 12.5 Å². The lowest BCUT2D eigenvalue weighted by Crippen LogP contribution is -2.31. The zero-order chi connectivity index (χ0) is 11.5. The third-order valence-electron chi connectivity index (χ3n) is 2.82. The fraction of sp³-hybridized carbons (Fsp3) is 0.417. The summed E-state index contributed by atoms with van der Waals surface area (Å²) in [5, 5.41) is 9.30. The number of nitrogens with zero attached hydrogens (tertiary/aromatic N) is 1. The number of β-amino-alcohol motifs (C(OH)–C–C–N with tert-alkyl or cyclic N) is 1. The summed E-state index contributed by atoms with van der Waals surface area (Å²) in [6.07, 6.45) is 0.257. The van der Waals surface area contributed by atoms with Crippen LogP contribution in [-0.4, -0.2) is 35.1 Å². The highest BCUT2D eigenvalue weighted by molar-refractivity contribution is 5.79. The minimum atomic E-state index is -0.426. The molecule has 1 heterocycles. The number of benzene rings is 1. The van der Waals surface area contributed by atoms with Gasteiger partial charge in [0.1, 0.15) is 5.82 Å². The van der Waals surface area contributed by atoms with E-state index in [9.17, 15) is 14.3 Å². The molecule has 1 N–H and O–H groups in total. The zero-order valence-corrected chi connectivity index (χ0v) is 8.90. The molecule has 1 aromatic carbocycles. The summed E-state index contributed by atoms with van der Waals surface area (Å²) in [4.78, 5) is 13.3. The van der Waals surface area contributed by atoms with Crippen LogP contribution < -0.4 is 0 Å². The van der Waals surface area contributed by atoms with Crippen LogP contribution in [0.5, 0.6) is 0 Å². The molecular weight excluding hydrogens is 209 g/mol. The van der Waals surface area contributed by atoms with Gasteiger partial charge in [-0.25, -0.2) is 4.39 Å². The Morgan fingerprint density at radius 1 is 1.50 bits per heavy atom. The Kier molecular flexibility index (Phi) is 3.19. The predicted octanol–water partition coefficient (Wildman–Crippen LogP) is 0.961. The van der Waals surface area contributed by atoms with E-state index in [-0.39, 0.29) is 18.1 Å². The summed E-state index contributed by atoms with van der Waals surface area (Å²) in [5.41, 5.74) is 0.411. The highest BCUT2D eigenvalue weighted by Gasteiger charge is 2.24. The van der Waals surface area contributed by atoms with Crippen molar-refractivity contribution in [1.29, 1.82) is 0 Å². The summed E-state index contributed by atoms with van der Waals surface area (Å²) in [5.74, 6) is -0.475. The van der Waals surface area contributed by atoms with Crippen molar-refractivity contribution < 1.29 is 14.3 Å². The fourth-order valence-electron chi connectivity index (χ4n) is 1.88. The standard InChI is InChI=1S/C12H14FNO2/c13-11-4-2-1-3-9(11)7-12(16)14-6-5-10(15)8-14/h1-4,10,15H,5-8H2. The zero-order valence-electron chi connectivity index (χ0n) is 8.90. The van der Waals surface area contributed by atoms with Gasteiger partial charge in [-0.1, -0.05) is 18.2 Å². The fourth-order valence-corrected chi connectivity index (χ4v) is 1.88. The van der Waals surface area contributed by atoms with E-state index in [4.69, 9.17) is 0 Å². The van der Waals surface area contributed by atoms with E-state index in [1.165, 1.54) is 6.07 Å². The molecule has 0 spiro atoms. The first-order valence-corrected chi connectivity index (χ1v) is 5.36. The topological polar surface area (TPSA) is 40.5 Å². The first-order chi connectivity index (χ1) is 7.66. The number of hydrogen-bond acceptors (Lipinski definition) is 2. The van der Waals surface area contributed by atoms with Crippen LogP contribution in [0.2, 0.25) is 0 Å². The lowest BCUT2D eigenvalue weighted by molar-refractivity contribution is -0.129. The number of aliphatic hydroxyl groups excluding tert-OH is 1. The van der Waals surface area contributed by atoms with Gasteiger partial charge in [-0.3, -0.25) is 4.79 Å². The molecule has 0 bridgehead atoms. The molecule has 1 atom stereocenters. The maximum atomic E-state index is 13.3. The quantitative estimate of drug-likeness (QED) is 0.811. The highest BCUT2D eigenvalue weighted by Crippen LogP contribution is 2.13. The van der Waals surface area contributed by atoms with Crippen molar-refractivity contribution in [1.82, 2.24) is 4.90 Å². The number of amides is 1. The molecule has 1 aliphatic rings. The summed E-state index contributed by atoms with van der Waals surface area (Å²) in [6.45, 7) is 0.932. The maximum Gasteiger partial charge on any atom is 0.227 e. The molecule has 16 heavy (non-hydrogen) atoms. The SMILES string of the molecule is O=C(Cc1ccccc1F)N1CCC(O)C1. The summed E-state index contributed by atoms with van der Waals surface area (Å²) in [6, 6.07) is 6.27. The second kappa shape index (κ2) is 4.61. The highest BCUT2D eigenvalue weighted by atomic mass is 19.1. The Balaban J connectivity index is 2.00. The molecule has 1 unspecified atom stereocenters. The van der Waals surface area contributed by atoms with Crippen molar-refractivity contribution in [3.05, 3.63) is 35.6 Å². The molecule has 1 amide bonds. The monoisotopic (exact) mass is 223 g/mol. The lowest BCUT2D eigenvalue weighted by Gasteiger charge is -2.15. The number of carbonyl (C=O) groups is 1. The molecule has 1 fully saturated rings. The minimum absolute atomic E-state index is 0.0688. The van der Waals surface area contributed by atoms with Crippen molar-refractivity contribution in [3.63, 3.8) is 0 Å². The number of halogens is 1. The molecule has 2 rings (SSSR count). The minimum Gasteiger partial charge on any atom is -0.391 e. The van der Waals surface area contributed by atoms with E-state index in [0.717, 1.165) is 0 Å². The summed E-state index contributed by atoms with van der Waals surface area (Å²) >= 11 is 0. The van der Waals surface area contributed by atoms with E-state index in [1.807, 2.05) is 0 Å². The molecule has 0 aliphatic carbocycles. The van der Waals surface area contributed by atoms with E-state index >= 15 is 0 Å². The number of carbonyl (C=O) groups excluding carboxylic acids is 1. The van der Waals surface area contributed by atoms with Crippen LogP contribution in [0.25, 0.3) is 0 Å². The molecule has 86 valence electrons. The van der Waals surface area contributed by atoms with Gasteiger partial charge >= 0.3 is 0 Å². The van der Waals surface area contributed by atoms with Gasteiger partial charge in [-0.15, -0.1) is 0 Å². The molecular formula is C12H14FNO2. The van der Waals surface area contributed by atoms with Crippen molar-refractivity contribution in [2.45, 2.75) is 18.9 Å². The Hall–Kier alpha value is -1.42. The van der Waals surface area contributed by atoms with Crippen LogP contribution >= 0.6 is 0 Å². The van der Waals surface area contributed by atoms with E-state index in [1.54, 1.807) is 23.1 Å². The molecule has 3 nitrogen and oxygen atoms in total.